The van der Waals surface area contributed by atoms with Crippen LogP contribution in [0.4, 0.5) is 0 Å². The molecule has 1 saturated heterocycles. The maximum absolute atomic E-state index is 12.2. The molecular formula is C15H19ClN2O2. The van der Waals surface area contributed by atoms with Gasteiger partial charge < -0.3 is 10.1 Å². The van der Waals surface area contributed by atoms with Crippen LogP contribution in [0.5, 0.6) is 0 Å². The molecule has 1 spiro atoms. The van der Waals surface area contributed by atoms with Crippen LogP contribution in [0.3, 0.4) is 0 Å². The zero-order valence-electron chi connectivity index (χ0n) is 11.4. The summed E-state index contributed by atoms with van der Waals surface area (Å²) in [5, 5.41) is 3.42. The molecule has 0 radical (unpaired) electrons. The zero-order chi connectivity index (χ0) is 14.0. The number of nitrogens with one attached hydrogen (secondary N) is 1. The minimum atomic E-state index is -0.140. The molecule has 4 nitrogen and oxygen atoms in total. The zero-order valence-corrected chi connectivity index (χ0v) is 12.2. The number of hydrogen-bond acceptors (Lipinski definition) is 3. The summed E-state index contributed by atoms with van der Waals surface area (Å²) in [7, 11) is 0. The fourth-order valence-electron chi connectivity index (χ4n) is 3.30. The molecule has 1 aromatic heterocycles. The van der Waals surface area contributed by atoms with Crippen molar-refractivity contribution in [2.75, 3.05) is 6.61 Å². The first kappa shape index (κ1) is 13.8. The Bertz CT molecular complexity index is 500. The molecule has 1 atom stereocenters. The molecule has 2 fully saturated rings. The molecule has 1 amide bonds. The van der Waals surface area contributed by atoms with Gasteiger partial charge in [-0.15, -0.1) is 0 Å². The van der Waals surface area contributed by atoms with Crippen molar-refractivity contribution in [2.24, 2.45) is 0 Å². The molecule has 108 valence electrons. The first-order valence-electron chi connectivity index (χ1n) is 7.23. The first-order valence-corrected chi connectivity index (χ1v) is 7.61. The molecule has 20 heavy (non-hydrogen) atoms. The van der Waals surface area contributed by atoms with Crippen LogP contribution in [0.25, 0.3) is 0 Å². The number of ether oxygens (including phenoxy) is 1. The predicted octanol–water partition coefficient (Wildman–Crippen LogP) is 2.96. The van der Waals surface area contributed by atoms with Gasteiger partial charge in [0.2, 0.25) is 0 Å². The Labute approximate surface area is 123 Å². The minimum Gasteiger partial charge on any atom is -0.373 e. The second kappa shape index (κ2) is 5.70. The fraction of sp³-hybridized carbons (Fsp3) is 0.600. The largest absolute Gasteiger partial charge is 0.373 e. The van der Waals surface area contributed by atoms with Crippen LogP contribution in [0.2, 0.25) is 5.02 Å². The Morgan fingerprint density at radius 2 is 2.20 bits per heavy atom. The highest BCUT2D eigenvalue weighted by molar-refractivity contribution is 6.33. The second-order valence-electron chi connectivity index (χ2n) is 5.78. The van der Waals surface area contributed by atoms with E-state index < -0.39 is 0 Å². The maximum atomic E-state index is 12.2. The molecule has 1 N–H and O–H groups in total. The molecule has 0 aromatic carbocycles. The van der Waals surface area contributed by atoms with Gasteiger partial charge in [-0.1, -0.05) is 30.9 Å². The standard InChI is InChI=1S/C15H19ClN2O2/c16-13-9-17-7-4-12(13)14(19)18-11-8-15(20-10-11)5-2-1-3-6-15/h4,7,9,11H,1-3,5-6,8,10H2,(H,18,19). The lowest BCUT2D eigenvalue weighted by atomic mass is 9.82. The van der Waals surface area contributed by atoms with E-state index >= 15 is 0 Å². The van der Waals surface area contributed by atoms with Crippen molar-refractivity contribution >= 4 is 17.5 Å². The Balaban J connectivity index is 1.62. The lowest BCUT2D eigenvalue weighted by molar-refractivity contribution is -0.0246. The highest BCUT2D eigenvalue weighted by atomic mass is 35.5. The predicted molar refractivity (Wildman–Crippen MR) is 76.9 cm³/mol. The maximum Gasteiger partial charge on any atom is 0.253 e. The lowest BCUT2D eigenvalue weighted by Crippen LogP contribution is -2.37. The summed E-state index contributed by atoms with van der Waals surface area (Å²) in [6.07, 6.45) is 9.99. The molecule has 1 aromatic rings. The third-order valence-corrected chi connectivity index (χ3v) is 4.63. The van der Waals surface area contributed by atoms with E-state index in [0.717, 1.165) is 19.3 Å². The van der Waals surface area contributed by atoms with E-state index in [0.29, 0.717) is 17.2 Å². The SMILES string of the molecule is O=C(NC1COC2(CCCCC2)C1)c1ccncc1Cl. The average molecular weight is 295 g/mol. The van der Waals surface area contributed by atoms with Crippen LogP contribution >= 0.6 is 11.6 Å². The van der Waals surface area contributed by atoms with Crippen molar-refractivity contribution < 1.29 is 9.53 Å². The highest BCUT2D eigenvalue weighted by Crippen LogP contribution is 2.39. The minimum absolute atomic E-state index is 0.0121. The summed E-state index contributed by atoms with van der Waals surface area (Å²) in [6.45, 7) is 0.606. The summed E-state index contributed by atoms with van der Waals surface area (Å²) in [5.41, 5.74) is 0.490. The first-order chi connectivity index (χ1) is 9.69. The van der Waals surface area contributed by atoms with Crippen LogP contribution in [0.15, 0.2) is 18.5 Å². The van der Waals surface area contributed by atoms with E-state index in [4.69, 9.17) is 16.3 Å². The monoisotopic (exact) mass is 294 g/mol. The number of pyridine rings is 1. The molecule has 0 bridgehead atoms. The number of hydrogen-bond donors (Lipinski definition) is 1. The summed E-state index contributed by atoms with van der Waals surface area (Å²) in [4.78, 5) is 16.1. The third-order valence-electron chi connectivity index (χ3n) is 4.33. The summed E-state index contributed by atoms with van der Waals surface area (Å²) in [6, 6.07) is 1.73. The summed E-state index contributed by atoms with van der Waals surface area (Å²) in [5.74, 6) is -0.140. The Kier molecular flexibility index (Phi) is 3.94. The Morgan fingerprint density at radius 3 is 2.95 bits per heavy atom. The van der Waals surface area contributed by atoms with Crippen LogP contribution in [0, 0.1) is 0 Å². The third kappa shape index (κ3) is 2.81. The van der Waals surface area contributed by atoms with E-state index in [9.17, 15) is 4.79 Å². The van der Waals surface area contributed by atoms with Gasteiger partial charge in [-0.05, 0) is 25.3 Å². The van der Waals surface area contributed by atoms with Crippen molar-refractivity contribution in [1.82, 2.24) is 10.3 Å². The van der Waals surface area contributed by atoms with Crippen molar-refractivity contribution in [1.29, 1.82) is 0 Å². The van der Waals surface area contributed by atoms with Gasteiger partial charge in [0.1, 0.15) is 0 Å². The normalized spacial score (nSPS) is 24.8. The van der Waals surface area contributed by atoms with Crippen LogP contribution in [-0.4, -0.2) is 29.1 Å². The Morgan fingerprint density at radius 1 is 1.40 bits per heavy atom. The van der Waals surface area contributed by atoms with Gasteiger partial charge in [0.15, 0.2) is 0 Å². The molecule has 1 aliphatic heterocycles. The van der Waals surface area contributed by atoms with E-state index in [-0.39, 0.29) is 17.6 Å². The number of nitrogens with zero attached hydrogens (tertiary/aromatic N) is 1. The number of carbonyl (C=O) groups excluding carboxylic acids is 1. The lowest BCUT2D eigenvalue weighted by Gasteiger charge is -2.32. The van der Waals surface area contributed by atoms with Gasteiger partial charge in [0, 0.05) is 12.4 Å². The number of aromatic nitrogens is 1. The van der Waals surface area contributed by atoms with Crippen LogP contribution < -0.4 is 5.32 Å². The van der Waals surface area contributed by atoms with Gasteiger partial charge in [0.25, 0.3) is 5.91 Å². The van der Waals surface area contributed by atoms with E-state index in [1.165, 1.54) is 25.5 Å². The molecule has 3 rings (SSSR count). The van der Waals surface area contributed by atoms with Crippen molar-refractivity contribution in [2.45, 2.75) is 50.2 Å². The van der Waals surface area contributed by atoms with Gasteiger partial charge in [0.05, 0.1) is 28.8 Å². The number of rotatable bonds is 2. The van der Waals surface area contributed by atoms with E-state index in [2.05, 4.69) is 10.3 Å². The topological polar surface area (TPSA) is 51.2 Å². The smallest absolute Gasteiger partial charge is 0.253 e. The van der Waals surface area contributed by atoms with Gasteiger partial charge >= 0.3 is 0 Å². The summed E-state index contributed by atoms with van der Waals surface area (Å²) < 4.78 is 6.00. The van der Waals surface area contributed by atoms with Gasteiger partial charge in [-0.2, -0.15) is 0 Å². The number of carbonyl (C=O) groups is 1. The molecule has 1 aliphatic carbocycles. The van der Waals surface area contributed by atoms with E-state index in [1.54, 1.807) is 12.3 Å². The van der Waals surface area contributed by atoms with E-state index in [1.807, 2.05) is 0 Å². The molecule has 5 heteroatoms. The quantitative estimate of drug-likeness (QED) is 0.912. The number of halogens is 1. The molecular weight excluding hydrogens is 276 g/mol. The van der Waals surface area contributed by atoms with Gasteiger partial charge in [-0.3, -0.25) is 9.78 Å². The number of amides is 1. The summed E-state index contributed by atoms with van der Waals surface area (Å²) >= 11 is 5.99. The van der Waals surface area contributed by atoms with Crippen molar-refractivity contribution in [3.8, 4) is 0 Å². The molecule has 2 heterocycles. The van der Waals surface area contributed by atoms with Crippen molar-refractivity contribution in [3.63, 3.8) is 0 Å². The average Bonchev–Trinajstić information content (AvgIpc) is 2.82. The van der Waals surface area contributed by atoms with Crippen LogP contribution in [0.1, 0.15) is 48.9 Å². The second-order valence-corrected chi connectivity index (χ2v) is 6.19. The van der Waals surface area contributed by atoms with Gasteiger partial charge in [-0.25, -0.2) is 0 Å². The molecule has 1 unspecified atom stereocenters. The Hall–Kier alpha value is -1.13. The van der Waals surface area contributed by atoms with Crippen LogP contribution in [-0.2, 0) is 4.74 Å². The molecule has 2 aliphatic rings. The highest BCUT2D eigenvalue weighted by Gasteiger charge is 2.41. The molecule has 1 saturated carbocycles. The fourth-order valence-corrected chi connectivity index (χ4v) is 3.51. The van der Waals surface area contributed by atoms with Crippen molar-refractivity contribution in [3.05, 3.63) is 29.0 Å².